The van der Waals surface area contributed by atoms with Crippen LogP contribution in [0, 0.1) is 11.8 Å². The van der Waals surface area contributed by atoms with Crippen molar-refractivity contribution >= 4 is 30.7 Å². The van der Waals surface area contributed by atoms with E-state index in [1.807, 2.05) is 0 Å². The van der Waals surface area contributed by atoms with E-state index in [1.54, 1.807) is 0 Å². The molecule has 0 aliphatic carbocycles. The third-order valence-electron chi connectivity index (χ3n) is 5.35. The van der Waals surface area contributed by atoms with Crippen LogP contribution in [0.2, 0.25) is 0 Å². The van der Waals surface area contributed by atoms with Crippen molar-refractivity contribution in [2.45, 2.75) is 45.3 Å². The molecular formula is C17H33Cl2N3O2. The summed E-state index contributed by atoms with van der Waals surface area (Å²) in [5.41, 5.74) is 0. The first-order chi connectivity index (χ1) is 10.6. The van der Waals surface area contributed by atoms with Gasteiger partial charge in [0.15, 0.2) is 0 Å². The Morgan fingerprint density at radius 3 is 2.25 bits per heavy atom. The highest BCUT2D eigenvalue weighted by Crippen LogP contribution is 2.23. The molecule has 3 rings (SSSR count). The van der Waals surface area contributed by atoms with E-state index in [4.69, 9.17) is 4.74 Å². The van der Waals surface area contributed by atoms with E-state index >= 15 is 0 Å². The molecule has 0 aromatic heterocycles. The Hall–Kier alpha value is -0.0700. The molecule has 0 saturated carbocycles. The summed E-state index contributed by atoms with van der Waals surface area (Å²) in [6.45, 7) is 11.4. The van der Waals surface area contributed by atoms with Gasteiger partial charge in [0.05, 0.1) is 18.1 Å². The Kier molecular flexibility index (Phi) is 9.31. The van der Waals surface area contributed by atoms with Crippen molar-refractivity contribution in [3.05, 3.63) is 0 Å². The molecule has 1 amide bonds. The third kappa shape index (κ3) is 5.73. The average Bonchev–Trinajstić information content (AvgIpc) is 3.00. The van der Waals surface area contributed by atoms with Gasteiger partial charge in [-0.1, -0.05) is 0 Å². The van der Waals surface area contributed by atoms with Gasteiger partial charge in [0, 0.05) is 39.3 Å². The van der Waals surface area contributed by atoms with Crippen LogP contribution >= 0.6 is 24.8 Å². The number of morpholine rings is 1. The molecule has 0 spiro atoms. The lowest BCUT2D eigenvalue weighted by atomic mass is 9.94. The molecular weight excluding hydrogens is 349 g/mol. The van der Waals surface area contributed by atoms with E-state index in [0.29, 0.717) is 18.1 Å². The predicted octanol–water partition coefficient (Wildman–Crippen LogP) is 1.79. The lowest BCUT2D eigenvalue weighted by Gasteiger charge is -2.39. The quantitative estimate of drug-likeness (QED) is 0.809. The highest BCUT2D eigenvalue weighted by Gasteiger charge is 2.31. The van der Waals surface area contributed by atoms with Crippen LogP contribution in [0.15, 0.2) is 0 Å². The highest BCUT2D eigenvalue weighted by atomic mass is 35.5. The van der Waals surface area contributed by atoms with E-state index < -0.39 is 0 Å². The van der Waals surface area contributed by atoms with Crippen molar-refractivity contribution in [3.8, 4) is 0 Å². The lowest BCUT2D eigenvalue weighted by Crippen LogP contribution is -2.49. The zero-order valence-corrected chi connectivity index (χ0v) is 16.5. The number of nitrogens with one attached hydrogen (secondary N) is 1. The first kappa shape index (κ1) is 22.0. The summed E-state index contributed by atoms with van der Waals surface area (Å²) in [5.74, 6) is 1.36. The summed E-state index contributed by atoms with van der Waals surface area (Å²) in [5, 5.41) is 3.30. The second-order valence-electron chi connectivity index (χ2n) is 7.43. The summed E-state index contributed by atoms with van der Waals surface area (Å²) in [7, 11) is 0. The molecule has 0 radical (unpaired) electrons. The van der Waals surface area contributed by atoms with Gasteiger partial charge in [0.25, 0.3) is 0 Å². The number of piperidine rings is 1. The van der Waals surface area contributed by atoms with Crippen LogP contribution < -0.4 is 5.32 Å². The van der Waals surface area contributed by atoms with Crippen molar-refractivity contribution < 1.29 is 9.53 Å². The maximum atomic E-state index is 12.4. The number of hydrogen-bond acceptors (Lipinski definition) is 4. The van der Waals surface area contributed by atoms with E-state index in [9.17, 15) is 4.79 Å². The summed E-state index contributed by atoms with van der Waals surface area (Å²) >= 11 is 0. The highest BCUT2D eigenvalue weighted by molar-refractivity contribution is 5.85. The lowest BCUT2D eigenvalue weighted by molar-refractivity contribution is -0.136. The standard InChI is InChI=1S/C17H31N3O2.2ClH/c1-13-10-19(11-14(2)22-13)12-15-4-7-20(8-5-15)17(21)16-3-6-18-9-16;;/h13-16,18H,3-12H2,1-2H3;2*1H. The monoisotopic (exact) mass is 381 g/mol. The summed E-state index contributed by atoms with van der Waals surface area (Å²) in [4.78, 5) is 17.1. The molecule has 3 atom stereocenters. The minimum absolute atomic E-state index is 0. The molecule has 3 saturated heterocycles. The first-order valence-corrected chi connectivity index (χ1v) is 8.99. The van der Waals surface area contributed by atoms with Gasteiger partial charge in [-0.25, -0.2) is 0 Å². The molecule has 0 aromatic rings. The maximum absolute atomic E-state index is 12.4. The van der Waals surface area contributed by atoms with E-state index in [1.165, 1.54) is 6.54 Å². The molecule has 0 aromatic carbocycles. The molecule has 24 heavy (non-hydrogen) atoms. The summed E-state index contributed by atoms with van der Waals surface area (Å²) < 4.78 is 5.81. The van der Waals surface area contributed by atoms with Crippen LogP contribution in [-0.4, -0.2) is 73.7 Å². The van der Waals surface area contributed by atoms with Crippen molar-refractivity contribution in [1.82, 2.24) is 15.1 Å². The van der Waals surface area contributed by atoms with Crippen LogP contribution in [0.4, 0.5) is 0 Å². The molecule has 1 N–H and O–H groups in total. The number of carbonyl (C=O) groups excluding carboxylic acids is 1. The molecule has 3 fully saturated rings. The SMILES string of the molecule is CC1CN(CC2CCN(C(=O)C3CCNC3)CC2)CC(C)O1.Cl.Cl. The predicted molar refractivity (Wildman–Crippen MR) is 101 cm³/mol. The molecule has 142 valence electrons. The number of ether oxygens (including phenoxy) is 1. The fourth-order valence-corrected chi connectivity index (χ4v) is 4.26. The molecule has 3 unspecified atom stereocenters. The van der Waals surface area contributed by atoms with Gasteiger partial charge in [-0.2, -0.15) is 0 Å². The summed E-state index contributed by atoms with van der Waals surface area (Å²) in [6, 6.07) is 0. The Morgan fingerprint density at radius 2 is 1.71 bits per heavy atom. The smallest absolute Gasteiger partial charge is 0.227 e. The summed E-state index contributed by atoms with van der Waals surface area (Å²) in [6.07, 6.45) is 4.03. The molecule has 3 aliphatic rings. The Morgan fingerprint density at radius 1 is 1.08 bits per heavy atom. The first-order valence-electron chi connectivity index (χ1n) is 8.99. The Balaban J connectivity index is 0.00000144. The maximum Gasteiger partial charge on any atom is 0.227 e. The minimum atomic E-state index is 0. The van der Waals surface area contributed by atoms with Crippen LogP contribution in [0.25, 0.3) is 0 Å². The van der Waals surface area contributed by atoms with Gasteiger partial charge in [0.1, 0.15) is 0 Å². The van der Waals surface area contributed by atoms with Gasteiger partial charge >= 0.3 is 0 Å². The Bertz CT molecular complexity index is 376. The topological polar surface area (TPSA) is 44.8 Å². The average molecular weight is 382 g/mol. The molecule has 7 heteroatoms. The van der Waals surface area contributed by atoms with Crippen molar-refractivity contribution in [2.24, 2.45) is 11.8 Å². The number of carbonyl (C=O) groups is 1. The second kappa shape index (κ2) is 10.2. The van der Waals surface area contributed by atoms with Crippen molar-refractivity contribution in [1.29, 1.82) is 0 Å². The number of amides is 1. The van der Waals surface area contributed by atoms with Gasteiger partial charge in [-0.3, -0.25) is 9.69 Å². The Labute approximate surface area is 158 Å². The van der Waals surface area contributed by atoms with Gasteiger partial charge < -0.3 is 15.0 Å². The normalized spacial score (nSPS) is 32.1. The zero-order chi connectivity index (χ0) is 15.5. The number of likely N-dealkylation sites (tertiary alicyclic amines) is 1. The number of halogens is 2. The van der Waals surface area contributed by atoms with Gasteiger partial charge in [-0.05, 0) is 45.6 Å². The van der Waals surface area contributed by atoms with Crippen molar-refractivity contribution in [2.75, 3.05) is 45.8 Å². The zero-order valence-electron chi connectivity index (χ0n) is 14.9. The van der Waals surface area contributed by atoms with Crippen LogP contribution in [0.3, 0.4) is 0 Å². The third-order valence-corrected chi connectivity index (χ3v) is 5.35. The van der Waals surface area contributed by atoms with Crippen LogP contribution in [-0.2, 0) is 9.53 Å². The molecule has 5 nitrogen and oxygen atoms in total. The molecule has 0 bridgehead atoms. The van der Waals surface area contributed by atoms with E-state index in [2.05, 4.69) is 29.0 Å². The van der Waals surface area contributed by atoms with E-state index in [0.717, 1.165) is 64.4 Å². The number of nitrogens with zero attached hydrogens (tertiary/aromatic N) is 2. The van der Waals surface area contributed by atoms with Crippen LogP contribution in [0.5, 0.6) is 0 Å². The molecule has 3 heterocycles. The van der Waals surface area contributed by atoms with Gasteiger partial charge in [0.2, 0.25) is 5.91 Å². The van der Waals surface area contributed by atoms with E-state index in [-0.39, 0.29) is 30.7 Å². The second-order valence-corrected chi connectivity index (χ2v) is 7.43. The fourth-order valence-electron chi connectivity index (χ4n) is 4.26. The van der Waals surface area contributed by atoms with Crippen molar-refractivity contribution in [3.63, 3.8) is 0 Å². The van der Waals surface area contributed by atoms with Crippen LogP contribution in [0.1, 0.15) is 33.1 Å². The largest absolute Gasteiger partial charge is 0.373 e. The minimum Gasteiger partial charge on any atom is -0.373 e. The fraction of sp³-hybridized carbons (Fsp3) is 0.941. The molecule has 3 aliphatic heterocycles. The van der Waals surface area contributed by atoms with Gasteiger partial charge in [-0.15, -0.1) is 24.8 Å². The number of hydrogen-bond donors (Lipinski definition) is 1. The number of rotatable bonds is 3.